The van der Waals surface area contributed by atoms with E-state index < -0.39 is 0 Å². The first-order chi connectivity index (χ1) is 13.1. The summed E-state index contributed by atoms with van der Waals surface area (Å²) in [6.07, 6.45) is 0.867. The van der Waals surface area contributed by atoms with Crippen molar-refractivity contribution in [3.8, 4) is 0 Å². The molecular weight excluding hydrogens is 363 g/mol. The molecule has 27 heavy (non-hydrogen) atoms. The Labute approximate surface area is 162 Å². The molecule has 1 aliphatic heterocycles. The summed E-state index contributed by atoms with van der Waals surface area (Å²) in [5.41, 5.74) is 3.90. The van der Waals surface area contributed by atoms with Gasteiger partial charge in [-0.3, -0.25) is 4.79 Å². The quantitative estimate of drug-likeness (QED) is 0.666. The number of rotatable bonds is 4. The molecule has 0 atom stereocenters. The van der Waals surface area contributed by atoms with Crippen molar-refractivity contribution in [3.05, 3.63) is 94.3 Å². The van der Waals surface area contributed by atoms with Gasteiger partial charge in [-0.05, 0) is 48.4 Å². The molecule has 0 saturated carbocycles. The number of carbonyl (C=O) groups excluding carboxylic acids is 1. The molecule has 0 spiro atoms. The summed E-state index contributed by atoms with van der Waals surface area (Å²) in [6.45, 7) is 0.927. The van der Waals surface area contributed by atoms with Gasteiger partial charge in [0, 0.05) is 40.6 Å². The van der Waals surface area contributed by atoms with E-state index in [4.69, 9.17) is 11.6 Å². The second-order valence-electron chi connectivity index (χ2n) is 6.47. The predicted molar refractivity (Wildman–Crippen MR) is 107 cm³/mol. The second-order valence-corrected chi connectivity index (χ2v) is 6.88. The summed E-state index contributed by atoms with van der Waals surface area (Å²) in [5, 5.41) is 3.53. The third-order valence-electron chi connectivity index (χ3n) is 4.77. The minimum atomic E-state index is -0.351. The van der Waals surface area contributed by atoms with E-state index in [9.17, 15) is 9.18 Å². The number of fused-ring (bicyclic) bond motifs is 1. The van der Waals surface area contributed by atoms with Gasteiger partial charge in [0.2, 0.25) is 0 Å². The minimum absolute atomic E-state index is 0.0347. The first-order valence-electron chi connectivity index (χ1n) is 8.80. The van der Waals surface area contributed by atoms with Crippen molar-refractivity contribution in [2.24, 2.45) is 0 Å². The van der Waals surface area contributed by atoms with Crippen LogP contribution in [0.5, 0.6) is 0 Å². The van der Waals surface area contributed by atoms with Crippen molar-refractivity contribution >= 4 is 28.9 Å². The molecule has 4 rings (SSSR count). The Morgan fingerprint density at radius 2 is 1.89 bits per heavy atom. The lowest BCUT2D eigenvalue weighted by Crippen LogP contribution is -2.28. The SMILES string of the molecule is O=C(c1cccc(NCc2c(F)cccc2Cl)c1)N1CCc2ccccc21. The van der Waals surface area contributed by atoms with Crippen LogP contribution in [0.2, 0.25) is 5.02 Å². The molecular formula is C22H18ClFN2O. The summed E-state index contributed by atoms with van der Waals surface area (Å²) in [6, 6.07) is 19.8. The maximum absolute atomic E-state index is 13.9. The van der Waals surface area contributed by atoms with Crippen LogP contribution in [0, 0.1) is 5.82 Å². The lowest BCUT2D eigenvalue weighted by atomic mass is 10.1. The fourth-order valence-electron chi connectivity index (χ4n) is 3.36. The van der Waals surface area contributed by atoms with Crippen LogP contribution in [0.25, 0.3) is 0 Å². The Bertz CT molecular complexity index is 985. The van der Waals surface area contributed by atoms with E-state index in [2.05, 4.69) is 11.4 Å². The van der Waals surface area contributed by atoms with Crippen LogP contribution in [0.3, 0.4) is 0 Å². The minimum Gasteiger partial charge on any atom is -0.381 e. The monoisotopic (exact) mass is 380 g/mol. The number of hydrogen-bond acceptors (Lipinski definition) is 2. The average Bonchev–Trinajstić information content (AvgIpc) is 3.11. The topological polar surface area (TPSA) is 32.3 Å². The van der Waals surface area contributed by atoms with Gasteiger partial charge in [-0.25, -0.2) is 4.39 Å². The van der Waals surface area contributed by atoms with E-state index >= 15 is 0 Å². The number of benzene rings is 3. The molecule has 0 unspecified atom stereocenters. The molecule has 1 heterocycles. The lowest BCUT2D eigenvalue weighted by Gasteiger charge is -2.18. The Hall–Kier alpha value is -2.85. The van der Waals surface area contributed by atoms with Crippen LogP contribution in [0.4, 0.5) is 15.8 Å². The van der Waals surface area contributed by atoms with Gasteiger partial charge in [0.15, 0.2) is 0 Å². The van der Waals surface area contributed by atoms with Gasteiger partial charge in [-0.15, -0.1) is 0 Å². The smallest absolute Gasteiger partial charge is 0.258 e. The van der Waals surface area contributed by atoms with E-state index in [0.717, 1.165) is 17.8 Å². The van der Waals surface area contributed by atoms with Crippen LogP contribution in [-0.4, -0.2) is 12.5 Å². The van der Waals surface area contributed by atoms with E-state index in [1.54, 1.807) is 24.3 Å². The van der Waals surface area contributed by atoms with Crippen molar-refractivity contribution < 1.29 is 9.18 Å². The summed E-state index contributed by atoms with van der Waals surface area (Å²) in [4.78, 5) is 14.8. The maximum Gasteiger partial charge on any atom is 0.258 e. The van der Waals surface area contributed by atoms with Crippen molar-refractivity contribution in [3.63, 3.8) is 0 Å². The molecule has 1 aliphatic rings. The normalized spacial score (nSPS) is 12.7. The Morgan fingerprint density at radius 3 is 2.74 bits per heavy atom. The van der Waals surface area contributed by atoms with E-state index in [1.807, 2.05) is 35.2 Å². The standard InChI is InChI=1S/C22H18ClFN2O/c23-19-8-4-9-20(24)18(19)14-25-17-7-3-6-16(13-17)22(27)26-12-11-15-5-1-2-10-21(15)26/h1-10,13,25H,11-12,14H2. The largest absolute Gasteiger partial charge is 0.381 e. The van der Waals surface area contributed by atoms with Gasteiger partial charge >= 0.3 is 0 Å². The highest BCUT2D eigenvalue weighted by Crippen LogP contribution is 2.29. The second kappa shape index (κ2) is 7.41. The molecule has 5 heteroatoms. The molecule has 0 fully saturated rings. The fourth-order valence-corrected chi connectivity index (χ4v) is 3.59. The van der Waals surface area contributed by atoms with Gasteiger partial charge < -0.3 is 10.2 Å². The number of hydrogen-bond donors (Lipinski definition) is 1. The molecule has 0 bridgehead atoms. The zero-order chi connectivity index (χ0) is 18.8. The number of para-hydroxylation sites is 1. The number of anilines is 2. The number of halogens is 2. The molecule has 0 saturated heterocycles. The summed E-state index contributed by atoms with van der Waals surface area (Å²) in [7, 11) is 0. The summed E-state index contributed by atoms with van der Waals surface area (Å²) < 4.78 is 13.9. The highest BCUT2D eigenvalue weighted by Gasteiger charge is 2.25. The lowest BCUT2D eigenvalue weighted by molar-refractivity contribution is 0.0989. The number of carbonyl (C=O) groups is 1. The van der Waals surface area contributed by atoms with Gasteiger partial charge in [0.05, 0.1) is 0 Å². The van der Waals surface area contributed by atoms with Crippen molar-refractivity contribution in [1.82, 2.24) is 0 Å². The molecule has 3 aromatic carbocycles. The molecule has 3 nitrogen and oxygen atoms in total. The van der Waals surface area contributed by atoms with Gasteiger partial charge in [0.1, 0.15) is 5.82 Å². The molecule has 0 aliphatic carbocycles. The van der Waals surface area contributed by atoms with Crippen molar-refractivity contribution in [1.29, 1.82) is 0 Å². The zero-order valence-electron chi connectivity index (χ0n) is 14.6. The Kier molecular flexibility index (Phi) is 4.82. The zero-order valence-corrected chi connectivity index (χ0v) is 15.3. The van der Waals surface area contributed by atoms with Crippen molar-refractivity contribution in [2.45, 2.75) is 13.0 Å². The highest BCUT2D eigenvalue weighted by atomic mass is 35.5. The Balaban J connectivity index is 1.52. The molecule has 0 radical (unpaired) electrons. The molecule has 1 amide bonds. The van der Waals surface area contributed by atoms with Crippen LogP contribution in [0.1, 0.15) is 21.5 Å². The average molecular weight is 381 g/mol. The third kappa shape index (κ3) is 3.53. The predicted octanol–water partition coefficient (Wildman–Crippen LogP) is 5.29. The van der Waals surface area contributed by atoms with Crippen molar-refractivity contribution in [2.75, 3.05) is 16.8 Å². The number of nitrogens with one attached hydrogen (secondary N) is 1. The first kappa shape index (κ1) is 17.6. The van der Waals surface area contributed by atoms with Gasteiger partial charge in [0.25, 0.3) is 5.91 Å². The molecule has 3 aromatic rings. The number of amides is 1. The van der Waals surface area contributed by atoms with Crippen LogP contribution in [0.15, 0.2) is 66.7 Å². The molecule has 136 valence electrons. The molecule has 1 N–H and O–H groups in total. The Morgan fingerprint density at radius 1 is 1.07 bits per heavy atom. The third-order valence-corrected chi connectivity index (χ3v) is 5.13. The molecule has 0 aromatic heterocycles. The summed E-state index contributed by atoms with van der Waals surface area (Å²) >= 11 is 6.07. The fraction of sp³-hybridized carbons (Fsp3) is 0.136. The highest BCUT2D eigenvalue weighted by molar-refractivity contribution is 6.31. The van der Waals surface area contributed by atoms with Gasteiger partial charge in [-0.1, -0.05) is 41.9 Å². The van der Waals surface area contributed by atoms with Gasteiger partial charge in [-0.2, -0.15) is 0 Å². The summed E-state index contributed by atoms with van der Waals surface area (Å²) in [5.74, 6) is -0.386. The van der Waals surface area contributed by atoms with E-state index in [0.29, 0.717) is 22.7 Å². The van der Waals surface area contributed by atoms with E-state index in [-0.39, 0.29) is 18.3 Å². The maximum atomic E-state index is 13.9. The van der Waals surface area contributed by atoms with Crippen LogP contribution < -0.4 is 10.2 Å². The first-order valence-corrected chi connectivity index (χ1v) is 9.18. The van der Waals surface area contributed by atoms with E-state index in [1.165, 1.54) is 11.6 Å². The van der Waals surface area contributed by atoms with Crippen LogP contribution in [-0.2, 0) is 13.0 Å². The van der Waals surface area contributed by atoms with Crippen LogP contribution >= 0.6 is 11.6 Å². The number of nitrogens with zero attached hydrogens (tertiary/aromatic N) is 1.